The summed E-state index contributed by atoms with van der Waals surface area (Å²) in [5, 5.41) is 9.01. The molecule has 0 heterocycles. The number of nitrogens with zero attached hydrogens (tertiary/aromatic N) is 1. The second-order valence-electron chi connectivity index (χ2n) is 4.22. The van der Waals surface area contributed by atoms with Gasteiger partial charge in [-0.05, 0) is 45.8 Å². The van der Waals surface area contributed by atoms with Crippen molar-refractivity contribution in [2.24, 2.45) is 0 Å². The molecule has 0 aliphatic carbocycles. The number of anilines is 1. The van der Waals surface area contributed by atoms with Gasteiger partial charge >= 0.3 is 0 Å². The lowest BCUT2D eigenvalue weighted by Crippen LogP contribution is -2.07. The van der Waals surface area contributed by atoms with Gasteiger partial charge in [-0.25, -0.2) is 8.42 Å². The fourth-order valence-corrected chi connectivity index (χ4v) is 4.39. The van der Waals surface area contributed by atoms with Crippen molar-refractivity contribution in [1.82, 2.24) is 0 Å². The van der Waals surface area contributed by atoms with Crippen LogP contribution in [-0.2, 0) is 15.6 Å². The predicted octanol–water partition coefficient (Wildman–Crippen LogP) is 2.88. The van der Waals surface area contributed by atoms with Crippen LogP contribution in [0.2, 0.25) is 0 Å². The molecule has 0 aliphatic rings. The van der Waals surface area contributed by atoms with Crippen LogP contribution in [0, 0.1) is 11.3 Å². The van der Waals surface area contributed by atoms with Gasteiger partial charge in [0.15, 0.2) is 9.84 Å². The number of halogens is 1. The van der Waals surface area contributed by atoms with Crippen molar-refractivity contribution in [3.8, 4) is 6.07 Å². The van der Waals surface area contributed by atoms with E-state index in [-0.39, 0.29) is 10.6 Å². The molecule has 0 saturated carbocycles. The van der Waals surface area contributed by atoms with Crippen LogP contribution in [0.1, 0.15) is 11.1 Å². The first kappa shape index (κ1) is 14.6. The maximum absolute atomic E-state index is 12.4. The SMILES string of the molecule is N#Cc1ccccc1CS(=O)(=O)c1ccc(N)cc1Br. The quantitative estimate of drug-likeness (QED) is 0.862. The molecule has 0 saturated heterocycles. The number of hydrogen-bond donors (Lipinski definition) is 1. The Morgan fingerprint density at radius 2 is 1.90 bits per heavy atom. The van der Waals surface area contributed by atoms with E-state index in [1.807, 2.05) is 6.07 Å². The van der Waals surface area contributed by atoms with Crippen molar-refractivity contribution in [1.29, 1.82) is 5.26 Å². The second-order valence-corrected chi connectivity index (χ2v) is 7.03. The highest BCUT2D eigenvalue weighted by molar-refractivity contribution is 9.10. The molecule has 0 radical (unpaired) electrons. The lowest BCUT2D eigenvalue weighted by molar-refractivity contribution is 0.595. The first-order valence-electron chi connectivity index (χ1n) is 5.70. The highest BCUT2D eigenvalue weighted by atomic mass is 79.9. The molecule has 0 bridgehead atoms. The third-order valence-electron chi connectivity index (χ3n) is 2.77. The average Bonchev–Trinajstić information content (AvgIpc) is 2.38. The Hall–Kier alpha value is -1.84. The first-order chi connectivity index (χ1) is 9.44. The summed E-state index contributed by atoms with van der Waals surface area (Å²) in [7, 11) is -3.55. The van der Waals surface area contributed by atoms with Gasteiger partial charge in [-0.3, -0.25) is 0 Å². The van der Waals surface area contributed by atoms with E-state index >= 15 is 0 Å². The first-order valence-corrected chi connectivity index (χ1v) is 8.14. The van der Waals surface area contributed by atoms with E-state index < -0.39 is 9.84 Å². The van der Waals surface area contributed by atoms with Gasteiger partial charge in [-0.2, -0.15) is 5.26 Å². The van der Waals surface area contributed by atoms with Gasteiger partial charge < -0.3 is 5.73 Å². The van der Waals surface area contributed by atoms with Gasteiger partial charge in [0.25, 0.3) is 0 Å². The molecule has 20 heavy (non-hydrogen) atoms. The number of sulfone groups is 1. The van der Waals surface area contributed by atoms with E-state index in [9.17, 15) is 8.42 Å². The summed E-state index contributed by atoms with van der Waals surface area (Å²) in [5.74, 6) is -0.223. The number of nitrogen functional groups attached to an aromatic ring is 1. The topological polar surface area (TPSA) is 84.0 Å². The Bertz CT molecular complexity index is 795. The summed E-state index contributed by atoms with van der Waals surface area (Å²) in [6.07, 6.45) is 0. The van der Waals surface area contributed by atoms with Crippen molar-refractivity contribution < 1.29 is 8.42 Å². The van der Waals surface area contributed by atoms with Crippen LogP contribution < -0.4 is 5.73 Å². The minimum atomic E-state index is -3.55. The van der Waals surface area contributed by atoms with Crippen LogP contribution in [0.4, 0.5) is 5.69 Å². The molecule has 0 amide bonds. The standard InChI is InChI=1S/C14H11BrN2O2S/c15-13-7-12(17)5-6-14(13)20(18,19)9-11-4-2-1-3-10(11)8-16/h1-7H,9,17H2. The summed E-state index contributed by atoms with van der Waals surface area (Å²) >= 11 is 3.21. The molecule has 0 spiro atoms. The number of rotatable bonds is 3. The van der Waals surface area contributed by atoms with E-state index in [2.05, 4.69) is 15.9 Å². The third kappa shape index (κ3) is 3.00. The van der Waals surface area contributed by atoms with Crippen LogP contribution in [0.15, 0.2) is 51.8 Å². The van der Waals surface area contributed by atoms with E-state index in [1.54, 1.807) is 30.3 Å². The van der Waals surface area contributed by atoms with E-state index in [4.69, 9.17) is 11.0 Å². The fourth-order valence-electron chi connectivity index (χ4n) is 1.81. The van der Waals surface area contributed by atoms with Crippen LogP contribution in [-0.4, -0.2) is 8.42 Å². The lowest BCUT2D eigenvalue weighted by Gasteiger charge is -2.08. The summed E-state index contributed by atoms with van der Waals surface area (Å²) in [4.78, 5) is 0.166. The largest absolute Gasteiger partial charge is 0.399 e. The van der Waals surface area contributed by atoms with E-state index in [1.165, 1.54) is 12.1 Å². The Morgan fingerprint density at radius 1 is 1.20 bits per heavy atom. The smallest absolute Gasteiger partial charge is 0.183 e. The summed E-state index contributed by atoms with van der Waals surface area (Å²) in [6, 6.07) is 13.2. The zero-order chi connectivity index (χ0) is 14.8. The predicted molar refractivity (Wildman–Crippen MR) is 80.6 cm³/mol. The molecule has 2 rings (SSSR count). The Balaban J connectivity index is 2.44. The van der Waals surface area contributed by atoms with E-state index in [0.717, 1.165) is 0 Å². The van der Waals surface area contributed by atoms with Crippen LogP contribution >= 0.6 is 15.9 Å². The normalized spacial score (nSPS) is 11.0. The second kappa shape index (κ2) is 5.65. The van der Waals surface area contributed by atoms with Gasteiger partial charge in [0, 0.05) is 10.2 Å². The van der Waals surface area contributed by atoms with Crippen molar-refractivity contribution in [3.63, 3.8) is 0 Å². The van der Waals surface area contributed by atoms with E-state index in [0.29, 0.717) is 21.3 Å². The summed E-state index contributed by atoms with van der Waals surface area (Å²) in [5.41, 5.74) is 6.93. The Kier molecular flexibility index (Phi) is 4.12. The molecule has 0 atom stereocenters. The Morgan fingerprint density at radius 3 is 2.55 bits per heavy atom. The zero-order valence-electron chi connectivity index (χ0n) is 10.4. The maximum Gasteiger partial charge on any atom is 0.183 e. The van der Waals surface area contributed by atoms with Gasteiger partial charge in [0.1, 0.15) is 0 Å². The van der Waals surface area contributed by atoms with Crippen molar-refractivity contribution in [2.75, 3.05) is 5.73 Å². The van der Waals surface area contributed by atoms with Gasteiger partial charge in [-0.15, -0.1) is 0 Å². The van der Waals surface area contributed by atoms with Gasteiger partial charge in [0.2, 0.25) is 0 Å². The molecular formula is C14H11BrN2O2S. The zero-order valence-corrected chi connectivity index (χ0v) is 12.8. The molecule has 2 aromatic rings. The fraction of sp³-hybridized carbons (Fsp3) is 0.0714. The Labute approximate surface area is 125 Å². The number of hydrogen-bond acceptors (Lipinski definition) is 4. The molecule has 102 valence electrons. The van der Waals surface area contributed by atoms with Crippen LogP contribution in [0.5, 0.6) is 0 Å². The number of nitriles is 1. The van der Waals surface area contributed by atoms with Crippen molar-refractivity contribution in [2.45, 2.75) is 10.6 Å². The van der Waals surface area contributed by atoms with Crippen LogP contribution in [0.3, 0.4) is 0 Å². The van der Waals surface area contributed by atoms with Crippen LogP contribution in [0.25, 0.3) is 0 Å². The monoisotopic (exact) mass is 350 g/mol. The highest BCUT2D eigenvalue weighted by Gasteiger charge is 2.20. The summed E-state index contributed by atoms with van der Waals surface area (Å²) in [6.45, 7) is 0. The van der Waals surface area contributed by atoms with Gasteiger partial charge in [-0.1, -0.05) is 18.2 Å². The average molecular weight is 351 g/mol. The lowest BCUT2D eigenvalue weighted by atomic mass is 10.1. The van der Waals surface area contributed by atoms with Crippen molar-refractivity contribution >= 4 is 31.5 Å². The molecule has 2 aromatic carbocycles. The minimum Gasteiger partial charge on any atom is -0.399 e. The van der Waals surface area contributed by atoms with Gasteiger partial charge in [0.05, 0.1) is 22.3 Å². The molecular weight excluding hydrogens is 340 g/mol. The number of nitrogens with two attached hydrogens (primary N) is 1. The molecule has 2 N–H and O–H groups in total. The molecule has 6 heteroatoms. The van der Waals surface area contributed by atoms with Crippen molar-refractivity contribution in [3.05, 3.63) is 58.1 Å². The molecule has 0 unspecified atom stereocenters. The molecule has 0 aromatic heterocycles. The molecule has 4 nitrogen and oxygen atoms in total. The molecule has 0 aliphatic heterocycles. The maximum atomic E-state index is 12.4. The number of benzene rings is 2. The minimum absolute atomic E-state index is 0.166. The third-order valence-corrected chi connectivity index (χ3v) is 5.41. The molecule has 0 fully saturated rings. The highest BCUT2D eigenvalue weighted by Crippen LogP contribution is 2.27. The summed E-state index contributed by atoms with van der Waals surface area (Å²) < 4.78 is 25.3.